The zero-order valence-electron chi connectivity index (χ0n) is 20.0. The van der Waals surface area contributed by atoms with Crippen LogP contribution in [0.25, 0.3) is 0 Å². The van der Waals surface area contributed by atoms with Gasteiger partial charge in [-0.25, -0.2) is 4.39 Å². The number of amides is 2. The summed E-state index contributed by atoms with van der Waals surface area (Å²) in [6, 6.07) is 19.8. The zero-order valence-corrected chi connectivity index (χ0v) is 20.0. The molecule has 0 spiro atoms. The van der Waals surface area contributed by atoms with Gasteiger partial charge in [0.1, 0.15) is 29.1 Å². The van der Waals surface area contributed by atoms with Crippen molar-refractivity contribution in [1.29, 1.82) is 0 Å². The molecule has 1 saturated carbocycles. The van der Waals surface area contributed by atoms with E-state index in [1.54, 1.807) is 24.3 Å². The highest BCUT2D eigenvalue weighted by molar-refractivity contribution is 6.16. The molecule has 2 heterocycles. The Hall–Kier alpha value is -4.99. The molecule has 1 fully saturated rings. The Labute approximate surface area is 217 Å². The van der Waals surface area contributed by atoms with Crippen LogP contribution >= 0.6 is 0 Å². The van der Waals surface area contributed by atoms with Crippen LogP contribution in [-0.4, -0.2) is 21.8 Å². The summed E-state index contributed by atoms with van der Waals surface area (Å²) in [4.78, 5) is 34.2. The number of carbonyl (C=O) groups is 2. The first-order valence-corrected chi connectivity index (χ1v) is 12.0. The fourth-order valence-corrected chi connectivity index (χ4v) is 4.13. The smallest absolute Gasteiger partial charge is 0.250 e. The van der Waals surface area contributed by atoms with Crippen molar-refractivity contribution in [3.05, 3.63) is 90.5 Å². The fraction of sp³-hybridized carbons (Fsp3) is 0.143. The van der Waals surface area contributed by atoms with Crippen LogP contribution in [0, 0.1) is 11.2 Å². The maximum absolute atomic E-state index is 13.1. The molecule has 4 aromatic rings. The van der Waals surface area contributed by atoms with E-state index in [1.165, 1.54) is 30.6 Å². The van der Waals surface area contributed by atoms with Crippen LogP contribution in [-0.2, 0) is 16.1 Å². The van der Waals surface area contributed by atoms with Gasteiger partial charge in [0.2, 0.25) is 23.6 Å². The number of fused-ring (bicyclic) bond motifs is 2. The van der Waals surface area contributed by atoms with Crippen LogP contribution in [0.1, 0.15) is 18.4 Å². The summed E-state index contributed by atoms with van der Waals surface area (Å²) in [5.74, 6) is 0.646. The number of aromatic nitrogens is 2. The van der Waals surface area contributed by atoms with Gasteiger partial charge in [0, 0.05) is 23.5 Å². The number of carbonyl (C=O) groups excluding carboxylic acids is 2. The second-order valence-corrected chi connectivity index (χ2v) is 9.05. The molecule has 0 saturated heterocycles. The zero-order chi connectivity index (χ0) is 26.1. The van der Waals surface area contributed by atoms with Crippen LogP contribution in [0.15, 0.2) is 79.1 Å². The van der Waals surface area contributed by atoms with Gasteiger partial charge >= 0.3 is 0 Å². The average molecular weight is 512 g/mol. The number of nitrogens with zero attached hydrogens (tertiary/aromatic N) is 2. The Bertz CT molecular complexity index is 1520. The Balaban J connectivity index is 1.11. The Morgan fingerprint density at radius 3 is 2.24 bits per heavy atom. The summed E-state index contributed by atoms with van der Waals surface area (Å²) in [6.07, 6.45) is 2.24. The summed E-state index contributed by atoms with van der Waals surface area (Å²) in [6.45, 7) is 0.522. The third-order valence-corrected chi connectivity index (χ3v) is 6.46. The topological polar surface area (TPSA) is 114 Å². The van der Waals surface area contributed by atoms with Crippen molar-refractivity contribution >= 4 is 28.9 Å². The van der Waals surface area contributed by atoms with E-state index in [-0.39, 0.29) is 0 Å². The average Bonchev–Trinajstić information content (AvgIpc) is 3.75. The number of para-hydroxylation sites is 1. The number of anilines is 3. The molecule has 38 heavy (non-hydrogen) atoms. The quantitative estimate of drug-likeness (QED) is 0.294. The number of benzene rings is 3. The molecule has 2 aliphatic rings. The third kappa shape index (κ3) is 4.59. The highest BCUT2D eigenvalue weighted by Gasteiger charge is 2.56. The molecule has 10 heteroatoms. The second kappa shape index (κ2) is 9.47. The van der Waals surface area contributed by atoms with E-state index in [0.717, 1.165) is 5.56 Å². The molecule has 3 aromatic carbocycles. The van der Waals surface area contributed by atoms with Crippen LogP contribution in [0.5, 0.6) is 23.3 Å². The lowest BCUT2D eigenvalue weighted by Crippen LogP contribution is -2.35. The molecule has 1 aliphatic heterocycles. The van der Waals surface area contributed by atoms with Crippen LogP contribution in [0.2, 0.25) is 0 Å². The van der Waals surface area contributed by atoms with E-state index in [4.69, 9.17) is 9.47 Å². The Morgan fingerprint density at radius 1 is 0.895 bits per heavy atom. The highest BCUT2D eigenvalue weighted by Crippen LogP contribution is 2.47. The van der Waals surface area contributed by atoms with Crippen molar-refractivity contribution in [2.75, 3.05) is 16.0 Å². The predicted molar refractivity (Wildman–Crippen MR) is 138 cm³/mol. The molecule has 3 N–H and O–H groups in total. The first-order valence-electron chi connectivity index (χ1n) is 12.0. The minimum Gasteiger partial charge on any atom is -0.437 e. The number of hydrogen-bond acceptors (Lipinski definition) is 7. The van der Waals surface area contributed by atoms with Crippen molar-refractivity contribution in [2.24, 2.45) is 5.41 Å². The Morgan fingerprint density at radius 2 is 1.55 bits per heavy atom. The van der Waals surface area contributed by atoms with Gasteiger partial charge in [-0.05, 0) is 67.4 Å². The van der Waals surface area contributed by atoms with Gasteiger partial charge in [-0.15, -0.1) is 0 Å². The largest absolute Gasteiger partial charge is 0.437 e. The van der Waals surface area contributed by atoms with Crippen LogP contribution in [0.4, 0.5) is 21.5 Å². The molecule has 1 aliphatic carbocycles. The minimum absolute atomic E-state index is 0.300. The molecule has 0 bridgehead atoms. The molecule has 0 atom stereocenters. The molecule has 0 unspecified atom stereocenters. The maximum atomic E-state index is 13.1. The van der Waals surface area contributed by atoms with E-state index >= 15 is 0 Å². The number of hydrogen-bond donors (Lipinski definition) is 3. The molecular weight excluding hydrogens is 489 g/mol. The molecule has 0 radical (unpaired) electrons. The fourth-order valence-electron chi connectivity index (χ4n) is 4.13. The van der Waals surface area contributed by atoms with Crippen molar-refractivity contribution in [1.82, 2.24) is 9.97 Å². The van der Waals surface area contributed by atoms with Gasteiger partial charge < -0.3 is 25.4 Å². The van der Waals surface area contributed by atoms with E-state index in [0.29, 0.717) is 59.7 Å². The lowest BCUT2D eigenvalue weighted by molar-refractivity contribution is -0.131. The molecule has 6 rings (SSSR count). The second-order valence-electron chi connectivity index (χ2n) is 9.05. The molecule has 9 nitrogen and oxygen atoms in total. The minimum atomic E-state index is -1.15. The molecule has 2 amide bonds. The van der Waals surface area contributed by atoms with E-state index < -0.39 is 23.0 Å². The maximum Gasteiger partial charge on any atom is 0.250 e. The lowest BCUT2D eigenvalue weighted by Gasteiger charge is -2.16. The summed E-state index contributed by atoms with van der Waals surface area (Å²) in [7, 11) is 0. The molecule has 1 aromatic heterocycles. The van der Waals surface area contributed by atoms with Gasteiger partial charge in [-0.3, -0.25) is 9.59 Å². The van der Waals surface area contributed by atoms with E-state index in [1.807, 2.05) is 24.3 Å². The molecular formula is C28H22FN5O4. The van der Waals surface area contributed by atoms with Crippen molar-refractivity contribution in [3.8, 4) is 23.3 Å². The van der Waals surface area contributed by atoms with Gasteiger partial charge in [-0.1, -0.05) is 18.2 Å². The number of ether oxygens (including phenoxy) is 2. The lowest BCUT2D eigenvalue weighted by atomic mass is 10.0. The van der Waals surface area contributed by atoms with Gasteiger partial charge in [0.15, 0.2) is 5.69 Å². The van der Waals surface area contributed by atoms with Crippen LogP contribution in [0.3, 0.4) is 0 Å². The van der Waals surface area contributed by atoms with Gasteiger partial charge in [-0.2, -0.15) is 9.97 Å². The van der Waals surface area contributed by atoms with E-state index in [9.17, 15) is 14.0 Å². The van der Waals surface area contributed by atoms with Gasteiger partial charge in [0.05, 0.1) is 0 Å². The van der Waals surface area contributed by atoms with Crippen LogP contribution < -0.4 is 25.4 Å². The standard InChI is InChI=1S/C28H22FN5O4/c29-18-5-7-19(8-6-18)33-26(35)28(13-14-28)27(36)34-20-9-11-21(12-10-20)37-24-23-25(32-16-31-24)38-22-4-2-1-3-17(22)15-30-23/h1-12,16,30H,13-15H2,(H,33,35)(H,34,36). The number of rotatable bonds is 6. The van der Waals surface area contributed by atoms with Crippen molar-refractivity contribution in [2.45, 2.75) is 19.4 Å². The van der Waals surface area contributed by atoms with E-state index in [2.05, 4.69) is 25.9 Å². The van der Waals surface area contributed by atoms with Gasteiger partial charge in [0.25, 0.3) is 0 Å². The first-order chi connectivity index (χ1) is 18.5. The van der Waals surface area contributed by atoms with Crippen molar-refractivity contribution < 1.29 is 23.5 Å². The highest BCUT2D eigenvalue weighted by atomic mass is 19.1. The SMILES string of the molecule is O=C(Nc1ccc(F)cc1)C1(C(=O)Nc2ccc(Oc3ncnc4c3NCc3ccccc3O4)cc2)CC1. The summed E-state index contributed by atoms with van der Waals surface area (Å²) in [5.41, 5.74) is 1.32. The summed E-state index contributed by atoms with van der Waals surface area (Å²) < 4.78 is 25.1. The Kier molecular flexibility index (Phi) is 5.83. The number of nitrogens with one attached hydrogen (secondary N) is 3. The monoisotopic (exact) mass is 511 g/mol. The first kappa shape index (κ1) is 23.4. The summed E-state index contributed by atoms with van der Waals surface area (Å²) >= 11 is 0. The normalized spacial score (nSPS) is 14.4. The predicted octanol–water partition coefficient (Wildman–Crippen LogP) is 5.48. The third-order valence-electron chi connectivity index (χ3n) is 6.46. The molecule has 190 valence electrons. The van der Waals surface area contributed by atoms with Crippen molar-refractivity contribution in [3.63, 3.8) is 0 Å². The summed E-state index contributed by atoms with van der Waals surface area (Å²) in [5, 5.41) is 8.78. The number of halogens is 1.